The zero-order valence-corrected chi connectivity index (χ0v) is 22.9. The van der Waals surface area contributed by atoms with Crippen molar-refractivity contribution >= 4 is 17.7 Å². The van der Waals surface area contributed by atoms with E-state index in [1.807, 2.05) is 43.8 Å². The molecule has 9 nitrogen and oxygen atoms in total. The van der Waals surface area contributed by atoms with Crippen LogP contribution in [0, 0.1) is 20.8 Å². The number of hydrogen-bond donors (Lipinski definition) is 3. The van der Waals surface area contributed by atoms with Crippen LogP contribution in [0.4, 0.5) is 0 Å². The summed E-state index contributed by atoms with van der Waals surface area (Å²) in [7, 11) is 2.13. The summed E-state index contributed by atoms with van der Waals surface area (Å²) in [6.45, 7) is 8.54. The van der Waals surface area contributed by atoms with E-state index >= 15 is 0 Å². The molecule has 0 saturated carbocycles. The van der Waals surface area contributed by atoms with E-state index in [1.165, 1.54) is 10.5 Å². The summed E-state index contributed by atoms with van der Waals surface area (Å²) < 4.78 is 11.4. The van der Waals surface area contributed by atoms with Gasteiger partial charge in [0.25, 0.3) is 5.89 Å². The number of rotatable bonds is 13. The molecule has 0 spiro atoms. The molecule has 0 radical (unpaired) electrons. The predicted molar refractivity (Wildman–Crippen MR) is 145 cm³/mol. The van der Waals surface area contributed by atoms with Gasteiger partial charge in [-0.3, -0.25) is 9.69 Å². The van der Waals surface area contributed by atoms with E-state index in [4.69, 9.17) is 14.4 Å². The topological polar surface area (TPSA) is 121 Å². The molecule has 1 atom stereocenters. The molecule has 0 saturated heterocycles. The lowest BCUT2D eigenvalue weighted by atomic mass is 10.1. The second-order valence-electron chi connectivity index (χ2n) is 9.12. The smallest absolute Gasteiger partial charge is 0.258 e. The Hall–Kier alpha value is -2.92. The predicted octanol–water partition coefficient (Wildman–Crippen LogP) is 3.57. The van der Waals surface area contributed by atoms with Crippen LogP contribution in [-0.4, -0.2) is 76.5 Å². The molecular weight excluding hydrogens is 492 g/mol. The van der Waals surface area contributed by atoms with Gasteiger partial charge in [0.15, 0.2) is 0 Å². The fourth-order valence-corrected chi connectivity index (χ4v) is 4.80. The van der Waals surface area contributed by atoms with Crippen LogP contribution in [-0.2, 0) is 4.79 Å². The van der Waals surface area contributed by atoms with Gasteiger partial charge >= 0.3 is 0 Å². The Kier molecular flexibility index (Phi) is 10.5. The number of amides is 1. The third kappa shape index (κ3) is 8.03. The van der Waals surface area contributed by atoms with E-state index in [9.17, 15) is 9.90 Å². The van der Waals surface area contributed by atoms with Crippen LogP contribution in [0.2, 0.25) is 0 Å². The number of nitrogens with zero attached hydrogens (tertiary/aromatic N) is 3. The number of aromatic nitrogens is 2. The van der Waals surface area contributed by atoms with Crippen molar-refractivity contribution in [3.63, 3.8) is 0 Å². The Morgan fingerprint density at radius 2 is 1.86 bits per heavy atom. The highest BCUT2D eigenvalue weighted by Crippen LogP contribution is 2.32. The molecule has 1 heterocycles. The fourth-order valence-electron chi connectivity index (χ4n) is 3.86. The molecule has 2 aromatic carbocycles. The first kappa shape index (κ1) is 28.6. The number of aryl methyl sites for hydroxylation is 3. The average Bonchev–Trinajstić information content (AvgIpc) is 3.36. The first-order chi connectivity index (χ1) is 17.7. The minimum absolute atomic E-state index is 0.00160. The van der Waals surface area contributed by atoms with Crippen LogP contribution < -0.4 is 10.1 Å². The number of ether oxygens (including phenoxy) is 1. The largest absolute Gasteiger partial charge is 0.490 e. The maximum Gasteiger partial charge on any atom is 0.258 e. The summed E-state index contributed by atoms with van der Waals surface area (Å²) in [6, 6.07) is 10.0. The Balaban J connectivity index is 1.67. The van der Waals surface area contributed by atoms with Crippen molar-refractivity contribution in [1.29, 1.82) is 0 Å². The minimum Gasteiger partial charge on any atom is -0.490 e. The van der Waals surface area contributed by atoms with Crippen LogP contribution in [0.3, 0.4) is 0 Å². The number of carbonyl (C=O) groups is 1. The summed E-state index contributed by atoms with van der Waals surface area (Å²) in [4.78, 5) is 19.3. The summed E-state index contributed by atoms with van der Waals surface area (Å²) in [6.07, 6.45) is 0.235. The molecule has 0 fully saturated rings. The SMILES string of the molecule is CCCN(C)CSc1ccc(-c2nc(-c3cc(C)c(OCC(O)CNC(=O)CO)c(C)c3)no2)cc1C. The van der Waals surface area contributed by atoms with Gasteiger partial charge in [-0.15, -0.1) is 11.8 Å². The zero-order chi connectivity index (χ0) is 26.9. The molecular formula is C27H36N4O5S. The molecule has 200 valence electrons. The number of hydrogen-bond acceptors (Lipinski definition) is 9. The summed E-state index contributed by atoms with van der Waals surface area (Å²) in [5.41, 5.74) is 4.56. The van der Waals surface area contributed by atoms with Crippen molar-refractivity contribution in [2.24, 2.45) is 0 Å². The van der Waals surface area contributed by atoms with Gasteiger partial charge in [0, 0.05) is 28.4 Å². The quantitative estimate of drug-likeness (QED) is 0.226. The molecule has 0 aliphatic heterocycles. The highest BCUT2D eigenvalue weighted by Gasteiger charge is 2.16. The van der Waals surface area contributed by atoms with Crippen molar-refractivity contribution in [2.75, 3.05) is 39.2 Å². The maximum atomic E-state index is 11.1. The van der Waals surface area contributed by atoms with Gasteiger partial charge in [-0.05, 0) is 87.8 Å². The third-order valence-electron chi connectivity index (χ3n) is 5.71. The van der Waals surface area contributed by atoms with E-state index in [1.54, 1.807) is 0 Å². The number of aliphatic hydroxyl groups excluding tert-OH is 2. The van der Waals surface area contributed by atoms with Gasteiger partial charge in [-0.25, -0.2) is 0 Å². The highest BCUT2D eigenvalue weighted by atomic mass is 32.2. The van der Waals surface area contributed by atoms with Gasteiger partial charge in [-0.1, -0.05) is 12.1 Å². The van der Waals surface area contributed by atoms with Gasteiger partial charge < -0.3 is 24.8 Å². The lowest BCUT2D eigenvalue weighted by Crippen LogP contribution is -2.36. The molecule has 37 heavy (non-hydrogen) atoms. The molecule has 1 aromatic heterocycles. The number of thioether (sulfide) groups is 1. The average molecular weight is 529 g/mol. The lowest BCUT2D eigenvalue weighted by molar-refractivity contribution is -0.124. The van der Waals surface area contributed by atoms with Crippen LogP contribution in [0.25, 0.3) is 22.8 Å². The lowest BCUT2D eigenvalue weighted by Gasteiger charge is -2.16. The standard InChI is InChI=1S/C27H36N4O5S/c1-6-9-31(5)16-37-23-8-7-20(10-17(23)2)27-29-26(30-36-27)21-11-18(3)25(19(4)12-21)35-15-22(33)13-28-24(34)14-32/h7-8,10-12,22,32-33H,6,9,13-16H2,1-5H3,(H,28,34). The Labute approximate surface area is 222 Å². The van der Waals surface area contributed by atoms with E-state index in [2.05, 4.69) is 53.4 Å². The molecule has 0 bridgehead atoms. The second kappa shape index (κ2) is 13.6. The van der Waals surface area contributed by atoms with Crippen LogP contribution in [0.15, 0.2) is 39.8 Å². The number of carbonyl (C=O) groups excluding carboxylic acids is 1. The molecule has 3 aromatic rings. The van der Waals surface area contributed by atoms with Crippen molar-refractivity contribution in [2.45, 2.75) is 45.1 Å². The van der Waals surface area contributed by atoms with Crippen molar-refractivity contribution in [3.05, 3.63) is 47.0 Å². The van der Waals surface area contributed by atoms with Crippen LogP contribution in [0.1, 0.15) is 30.0 Å². The fraction of sp³-hybridized carbons (Fsp3) is 0.444. The first-order valence-corrected chi connectivity index (χ1v) is 13.3. The zero-order valence-electron chi connectivity index (χ0n) is 22.1. The van der Waals surface area contributed by atoms with Gasteiger partial charge in [0.2, 0.25) is 11.7 Å². The third-order valence-corrected chi connectivity index (χ3v) is 7.05. The van der Waals surface area contributed by atoms with E-state index < -0.39 is 18.6 Å². The Bertz CT molecular complexity index is 1180. The van der Waals surface area contributed by atoms with E-state index in [-0.39, 0.29) is 13.2 Å². The molecule has 0 aliphatic carbocycles. The molecule has 3 rings (SSSR count). The Morgan fingerprint density at radius 1 is 1.16 bits per heavy atom. The van der Waals surface area contributed by atoms with Crippen LogP contribution in [0.5, 0.6) is 5.75 Å². The van der Waals surface area contributed by atoms with E-state index in [0.717, 1.165) is 41.1 Å². The molecule has 3 N–H and O–H groups in total. The number of aliphatic hydroxyl groups is 2. The maximum absolute atomic E-state index is 11.1. The molecule has 10 heteroatoms. The van der Waals surface area contributed by atoms with Crippen LogP contribution >= 0.6 is 11.8 Å². The van der Waals surface area contributed by atoms with E-state index in [0.29, 0.717) is 17.5 Å². The summed E-state index contributed by atoms with van der Waals surface area (Å²) >= 11 is 1.82. The second-order valence-corrected chi connectivity index (χ2v) is 10.1. The Morgan fingerprint density at radius 3 is 2.51 bits per heavy atom. The van der Waals surface area contributed by atoms with Gasteiger partial charge in [-0.2, -0.15) is 4.98 Å². The van der Waals surface area contributed by atoms with Gasteiger partial charge in [0.1, 0.15) is 25.1 Å². The molecule has 0 aliphatic rings. The van der Waals surface area contributed by atoms with Crippen molar-refractivity contribution in [1.82, 2.24) is 20.4 Å². The minimum atomic E-state index is -0.903. The summed E-state index contributed by atoms with van der Waals surface area (Å²) in [5, 5.41) is 25.4. The number of benzene rings is 2. The monoisotopic (exact) mass is 528 g/mol. The van der Waals surface area contributed by atoms with Crippen molar-refractivity contribution < 1.29 is 24.3 Å². The highest BCUT2D eigenvalue weighted by molar-refractivity contribution is 7.99. The van der Waals surface area contributed by atoms with Gasteiger partial charge in [0.05, 0.1) is 0 Å². The number of nitrogens with one attached hydrogen (secondary N) is 1. The van der Waals surface area contributed by atoms with Crippen molar-refractivity contribution in [3.8, 4) is 28.6 Å². The summed E-state index contributed by atoms with van der Waals surface area (Å²) in [5.74, 6) is 1.98. The molecule has 1 amide bonds. The molecule has 1 unspecified atom stereocenters. The first-order valence-electron chi connectivity index (χ1n) is 12.3. The normalized spacial score (nSPS) is 12.1.